The standard InChI is InChI=1S/C12H13F4NO/c13-8-3-4-11(10(6-8)12(14,15)16)18-9-2-1-5-17-7-9/h3-4,6,9,17H,1-2,5,7H2. The number of piperidine rings is 1. The molecule has 1 aromatic carbocycles. The Bertz CT molecular complexity index is 413. The molecule has 1 saturated heterocycles. The van der Waals surface area contributed by atoms with Crippen LogP contribution in [-0.2, 0) is 6.18 Å². The van der Waals surface area contributed by atoms with E-state index in [9.17, 15) is 17.6 Å². The van der Waals surface area contributed by atoms with Crippen molar-refractivity contribution in [2.75, 3.05) is 13.1 Å². The van der Waals surface area contributed by atoms with E-state index < -0.39 is 17.6 Å². The van der Waals surface area contributed by atoms with E-state index in [0.29, 0.717) is 19.0 Å². The summed E-state index contributed by atoms with van der Waals surface area (Å²) < 4.78 is 56.4. The third-order valence-corrected chi connectivity index (χ3v) is 2.79. The molecule has 0 bridgehead atoms. The van der Waals surface area contributed by atoms with Crippen molar-refractivity contribution in [2.24, 2.45) is 0 Å². The molecule has 0 spiro atoms. The van der Waals surface area contributed by atoms with Crippen LogP contribution in [0.2, 0.25) is 0 Å². The molecule has 1 fully saturated rings. The first-order valence-electron chi connectivity index (χ1n) is 5.71. The zero-order chi connectivity index (χ0) is 13.2. The maximum absolute atomic E-state index is 12.9. The molecule has 0 radical (unpaired) electrons. The maximum Gasteiger partial charge on any atom is 0.420 e. The highest BCUT2D eigenvalue weighted by molar-refractivity contribution is 5.36. The molecule has 0 aromatic heterocycles. The fourth-order valence-corrected chi connectivity index (χ4v) is 1.93. The summed E-state index contributed by atoms with van der Waals surface area (Å²) in [6, 6.07) is 2.47. The van der Waals surface area contributed by atoms with Gasteiger partial charge in [0, 0.05) is 6.54 Å². The lowest BCUT2D eigenvalue weighted by atomic mass is 10.1. The minimum absolute atomic E-state index is 0.301. The Morgan fingerprint density at radius 1 is 1.28 bits per heavy atom. The quantitative estimate of drug-likeness (QED) is 0.828. The van der Waals surface area contributed by atoms with Crippen molar-refractivity contribution >= 4 is 0 Å². The molecule has 1 aliphatic heterocycles. The van der Waals surface area contributed by atoms with Crippen LogP contribution in [-0.4, -0.2) is 19.2 Å². The molecular formula is C12H13F4NO. The van der Waals surface area contributed by atoms with Crippen LogP contribution in [0.5, 0.6) is 5.75 Å². The summed E-state index contributed by atoms with van der Waals surface area (Å²) in [6.45, 7) is 1.35. The number of hydrogen-bond donors (Lipinski definition) is 1. The second kappa shape index (κ2) is 5.14. The van der Waals surface area contributed by atoms with E-state index in [2.05, 4.69) is 5.32 Å². The largest absolute Gasteiger partial charge is 0.488 e. The Morgan fingerprint density at radius 2 is 2.06 bits per heavy atom. The van der Waals surface area contributed by atoms with Crippen LogP contribution in [0.4, 0.5) is 17.6 Å². The molecule has 2 nitrogen and oxygen atoms in total. The first-order valence-corrected chi connectivity index (χ1v) is 5.71. The molecule has 0 aliphatic carbocycles. The zero-order valence-electron chi connectivity index (χ0n) is 9.56. The smallest absolute Gasteiger partial charge is 0.420 e. The van der Waals surface area contributed by atoms with Gasteiger partial charge in [-0.25, -0.2) is 4.39 Å². The predicted molar refractivity (Wildman–Crippen MR) is 57.9 cm³/mol. The summed E-state index contributed by atoms with van der Waals surface area (Å²) in [5.74, 6) is -1.23. The van der Waals surface area contributed by atoms with Crippen molar-refractivity contribution in [3.63, 3.8) is 0 Å². The van der Waals surface area contributed by atoms with Gasteiger partial charge in [-0.05, 0) is 37.6 Å². The van der Waals surface area contributed by atoms with Crippen molar-refractivity contribution in [3.8, 4) is 5.75 Å². The van der Waals surface area contributed by atoms with Crippen LogP contribution < -0.4 is 10.1 Å². The van der Waals surface area contributed by atoms with Crippen LogP contribution in [0.15, 0.2) is 18.2 Å². The van der Waals surface area contributed by atoms with Crippen molar-refractivity contribution in [2.45, 2.75) is 25.1 Å². The average Bonchev–Trinajstić information content (AvgIpc) is 2.31. The van der Waals surface area contributed by atoms with Crippen LogP contribution in [0, 0.1) is 5.82 Å². The first kappa shape index (κ1) is 13.1. The number of alkyl halides is 3. The van der Waals surface area contributed by atoms with Crippen molar-refractivity contribution in [1.82, 2.24) is 5.32 Å². The summed E-state index contributed by atoms with van der Waals surface area (Å²) >= 11 is 0. The Balaban J connectivity index is 2.21. The summed E-state index contributed by atoms with van der Waals surface area (Å²) in [5, 5.41) is 3.04. The van der Waals surface area contributed by atoms with Gasteiger partial charge in [-0.2, -0.15) is 13.2 Å². The third-order valence-electron chi connectivity index (χ3n) is 2.79. The Kier molecular flexibility index (Phi) is 3.75. The third kappa shape index (κ3) is 3.13. The van der Waals surface area contributed by atoms with Crippen LogP contribution in [0.3, 0.4) is 0 Å². The summed E-state index contributed by atoms with van der Waals surface area (Å²) in [7, 11) is 0. The van der Waals surface area contributed by atoms with Gasteiger partial charge in [-0.1, -0.05) is 0 Å². The monoisotopic (exact) mass is 263 g/mol. The summed E-state index contributed by atoms with van der Waals surface area (Å²) in [5.41, 5.74) is -1.06. The zero-order valence-corrected chi connectivity index (χ0v) is 9.56. The van der Waals surface area contributed by atoms with Crippen molar-refractivity contribution in [1.29, 1.82) is 0 Å². The van der Waals surface area contributed by atoms with E-state index >= 15 is 0 Å². The van der Waals surface area contributed by atoms with Gasteiger partial charge >= 0.3 is 6.18 Å². The average molecular weight is 263 g/mol. The van der Waals surface area contributed by atoms with Gasteiger partial charge in [0.15, 0.2) is 0 Å². The highest BCUT2D eigenvalue weighted by Gasteiger charge is 2.35. The molecule has 1 N–H and O–H groups in total. The minimum atomic E-state index is -4.61. The molecule has 100 valence electrons. The number of ether oxygens (including phenoxy) is 1. The number of hydrogen-bond acceptors (Lipinski definition) is 2. The van der Waals surface area contributed by atoms with E-state index in [0.717, 1.165) is 25.1 Å². The normalized spacial score (nSPS) is 20.8. The van der Waals surface area contributed by atoms with E-state index in [1.165, 1.54) is 0 Å². The van der Waals surface area contributed by atoms with Gasteiger partial charge in [0.05, 0.1) is 0 Å². The molecule has 18 heavy (non-hydrogen) atoms. The maximum atomic E-state index is 12.9. The lowest BCUT2D eigenvalue weighted by Crippen LogP contribution is -2.37. The molecule has 0 amide bonds. The van der Waals surface area contributed by atoms with Crippen molar-refractivity contribution < 1.29 is 22.3 Å². The number of rotatable bonds is 2. The van der Waals surface area contributed by atoms with Crippen molar-refractivity contribution in [3.05, 3.63) is 29.6 Å². The molecule has 0 saturated carbocycles. The molecule has 1 heterocycles. The van der Waals surface area contributed by atoms with Gasteiger partial charge in [-0.15, -0.1) is 0 Å². The van der Waals surface area contributed by atoms with E-state index in [4.69, 9.17) is 4.74 Å². The number of halogens is 4. The molecule has 6 heteroatoms. The molecule has 1 unspecified atom stereocenters. The van der Waals surface area contributed by atoms with Gasteiger partial charge in [0.2, 0.25) is 0 Å². The molecule has 2 rings (SSSR count). The van der Waals surface area contributed by atoms with Gasteiger partial charge in [0.1, 0.15) is 23.2 Å². The second-order valence-electron chi connectivity index (χ2n) is 4.22. The van der Waals surface area contributed by atoms with Gasteiger partial charge < -0.3 is 10.1 Å². The molecular weight excluding hydrogens is 250 g/mol. The molecule has 1 aliphatic rings. The Hall–Kier alpha value is -1.30. The summed E-state index contributed by atoms with van der Waals surface area (Å²) in [6.07, 6.45) is -3.36. The fourth-order valence-electron chi connectivity index (χ4n) is 1.93. The molecule has 1 aromatic rings. The van der Waals surface area contributed by atoms with Gasteiger partial charge in [-0.3, -0.25) is 0 Å². The highest BCUT2D eigenvalue weighted by Crippen LogP contribution is 2.37. The summed E-state index contributed by atoms with van der Waals surface area (Å²) in [4.78, 5) is 0. The van der Waals surface area contributed by atoms with Crippen LogP contribution in [0.25, 0.3) is 0 Å². The fraction of sp³-hybridized carbons (Fsp3) is 0.500. The molecule has 1 atom stereocenters. The number of nitrogens with one attached hydrogen (secondary N) is 1. The SMILES string of the molecule is Fc1ccc(OC2CCCNC2)c(C(F)(F)F)c1. The van der Waals surface area contributed by atoms with E-state index in [1.54, 1.807) is 0 Å². The van der Waals surface area contributed by atoms with E-state index in [-0.39, 0.29) is 11.9 Å². The van der Waals surface area contributed by atoms with Gasteiger partial charge in [0.25, 0.3) is 0 Å². The number of benzene rings is 1. The topological polar surface area (TPSA) is 21.3 Å². The lowest BCUT2D eigenvalue weighted by Gasteiger charge is -2.25. The second-order valence-corrected chi connectivity index (χ2v) is 4.22. The predicted octanol–water partition coefficient (Wildman–Crippen LogP) is 2.98. The van der Waals surface area contributed by atoms with Crippen LogP contribution >= 0.6 is 0 Å². The van der Waals surface area contributed by atoms with Crippen LogP contribution in [0.1, 0.15) is 18.4 Å². The minimum Gasteiger partial charge on any atom is -0.488 e. The van der Waals surface area contributed by atoms with E-state index in [1.807, 2.05) is 0 Å². The highest BCUT2D eigenvalue weighted by atomic mass is 19.4. The Labute approximate surface area is 102 Å². The first-order chi connectivity index (χ1) is 8.47. The lowest BCUT2D eigenvalue weighted by molar-refractivity contribution is -0.139. The Morgan fingerprint density at radius 3 is 2.67 bits per heavy atom.